The van der Waals surface area contributed by atoms with E-state index >= 15 is 0 Å². The van der Waals surface area contributed by atoms with Crippen LogP contribution in [-0.4, -0.2) is 44.4 Å². The molecule has 1 aliphatic heterocycles. The van der Waals surface area contributed by atoms with E-state index in [-0.39, 0.29) is 5.78 Å². The molecule has 1 aromatic carbocycles. The van der Waals surface area contributed by atoms with Crippen LogP contribution in [0.15, 0.2) is 24.3 Å². The normalized spacial score (nSPS) is 16.6. The Hall–Kier alpha value is -1.35. The molecule has 0 aromatic heterocycles. The summed E-state index contributed by atoms with van der Waals surface area (Å²) in [6.07, 6.45) is 3.77. The molecule has 1 aromatic rings. The molecular formula is C15H22N2O. The van der Waals surface area contributed by atoms with E-state index in [4.69, 9.17) is 0 Å². The van der Waals surface area contributed by atoms with Crippen molar-refractivity contribution in [3.8, 4) is 0 Å². The molecule has 0 unspecified atom stereocenters. The van der Waals surface area contributed by atoms with Crippen molar-refractivity contribution in [1.82, 2.24) is 4.90 Å². The Morgan fingerprint density at radius 3 is 2.28 bits per heavy atom. The third-order valence-electron chi connectivity index (χ3n) is 3.52. The Morgan fingerprint density at radius 2 is 1.72 bits per heavy atom. The molecule has 0 aliphatic carbocycles. The van der Waals surface area contributed by atoms with Crippen molar-refractivity contribution in [2.45, 2.75) is 19.3 Å². The lowest BCUT2D eigenvalue weighted by Crippen LogP contribution is -2.34. The first-order valence-corrected chi connectivity index (χ1v) is 6.70. The average molecular weight is 246 g/mol. The smallest absolute Gasteiger partial charge is 0.176 e. The van der Waals surface area contributed by atoms with Gasteiger partial charge < -0.3 is 4.90 Å². The number of piperidine rings is 1. The molecule has 3 nitrogen and oxygen atoms in total. The minimum absolute atomic E-state index is 0.238. The Morgan fingerprint density at radius 1 is 1.11 bits per heavy atom. The Balaban J connectivity index is 1.95. The van der Waals surface area contributed by atoms with Crippen molar-refractivity contribution in [2.75, 3.05) is 38.6 Å². The van der Waals surface area contributed by atoms with Gasteiger partial charge in [-0.05, 0) is 50.2 Å². The van der Waals surface area contributed by atoms with Crippen molar-refractivity contribution >= 4 is 11.5 Å². The van der Waals surface area contributed by atoms with Crippen LogP contribution in [0.2, 0.25) is 0 Å². The van der Waals surface area contributed by atoms with Crippen molar-refractivity contribution in [3.63, 3.8) is 0 Å². The van der Waals surface area contributed by atoms with Gasteiger partial charge in [0.15, 0.2) is 5.78 Å². The summed E-state index contributed by atoms with van der Waals surface area (Å²) in [7, 11) is 4.01. The highest BCUT2D eigenvalue weighted by Gasteiger charge is 2.14. The van der Waals surface area contributed by atoms with Gasteiger partial charge in [0, 0.05) is 25.3 Å². The van der Waals surface area contributed by atoms with E-state index in [2.05, 4.69) is 4.90 Å². The van der Waals surface area contributed by atoms with Crippen LogP contribution in [0, 0.1) is 0 Å². The van der Waals surface area contributed by atoms with Crippen molar-refractivity contribution in [3.05, 3.63) is 29.8 Å². The van der Waals surface area contributed by atoms with E-state index in [9.17, 15) is 4.79 Å². The molecule has 1 fully saturated rings. The highest BCUT2D eigenvalue weighted by atomic mass is 16.1. The fourth-order valence-corrected chi connectivity index (χ4v) is 2.36. The molecule has 0 radical (unpaired) electrons. The summed E-state index contributed by atoms with van der Waals surface area (Å²) in [5.41, 5.74) is 1.95. The number of carbonyl (C=O) groups is 1. The fourth-order valence-electron chi connectivity index (χ4n) is 2.36. The SMILES string of the molecule is CN(C)c1ccc(C(=O)CN2CCCCC2)cc1. The number of likely N-dealkylation sites (tertiary alicyclic amines) is 1. The minimum Gasteiger partial charge on any atom is -0.378 e. The predicted octanol–water partition coefficient (Wildman–Crippen LogP) is 2.42. The third kappa shape index (κ3) is 3.33. The number of benzene rings is 1. The highest BCUT2D eigenvalue weighted by molar-refractivity contribution is 5.97. The van der Waals surface area contributed by atoms with Crippen LogP contribution < -0.4 is 4.90 Å². The molecule has 1 saturated heterocycles. The van der Waals surface area contributed by atoms with Gasteiger partial charge >= 0.3 is 0 Å². The fraction of sp³-hybridized carbons (Fsp3) is 0.533. The molecule has 1 heterocycles. The summed E-state index contributed by atoms with van der Waals surface area (Å²) in [4.78, 5) is 16.4. The lowest BCUT2D eigenvalue weighted by atomic mass is 10.1. The first kappa shape index (κ1) is 13.1. The first-order chi connectivity index (χ1) is 8.66. The quantitative estimate of drug-likeness (QED) is 0.762. The zero-order chi connectivity index (χ0) is 13.0. The van der Waals surface area contributed by atoms with E-state index in [1.165, 1.54) is 19.3 Å². The lowest BCUT2D eigenvalue weighted by molar-refractivity contribution is 0.0915. The number of Topliss-reactive ketones (excluding diaryl/α,β-unsaturated/α-hetero) is 1. The number of carbonyl (C=O) groups excluding carboxylic acids is 1. The second-order valence-corrected chi connectivity index (χ2v) is 5.20. The largest absolute Gasteiger partial charge is 0.378 e. The van der Waals surface area contributed by atoms with Gasteiger partial charge in [-0.3, -0.25) is 9.69 Å². The number of nitrogens with zero attached hydrogens (tertiary/aromatic N) is 2. The summed E-state index contributed by atoms with van der Waals surface area (Å²) in [5, 5.41) is 0. The number of hydrogen-bond acceptors (Lipinski definition) is 3. The van der Waals surface area contributed by atoms with Gasteiger partial charge in [-0.2, -0.15) is 0 Å². The van der Waals surface area contributed by atoms with Gasteiger partial charge in [0.2, 0.25) is 0 Å². The van der Waals surface area contributed by atoms with Crippen LogP contribution >= 0.6 is 0 Å². The van der Waals surface area contributed by atoms with E-state index in [0.29, 0.717) is 6.54 Å². The average Bonchev–Trinajstić information content (AvgIpc) is 2.40. The lowest BCUT2D eigenvalue weighted by Gasteiger charge is -2.25. The van der Waals surface area contributed by atoms with Gasteiger partial charge in [0.1, 0.15) is 0 Å². The molecule has 98 valence electrons. The summed E-state index contributed by atoms with van der Waals surface area (Å²) in [6.45, 7) is 2.71. The summed E-state index contributed by atoms with van der Waals surface area (Å²) in [5.74, 6) is 0.238. The molecule has 0 atom stereocenters. The molecule has 1 aliphatic rings. The summed E-state index contributed by atoms with van der Waals surface area (Å²) < 4.78 is 0. The van der Waals surface area contributed by atoms with Gasteiger partial charge in [0.25, 0.3) is 0 Å². The zero-order valence-corrected chi connectivity index (χ0v) is 11.4. The van der Waals surface area contributed by atoms with Gasteiger partial charge in [0.05, 0.1) is 6.54 Å². The van der Waals surface area contributed by atoms with Crippen LogP contribution in [0.4, 0.5) is 5.69 Å². The van der Waals surface area contributed by atoms with E-state index in [1.54, 1.807) is 0 Å². The van der Waals surface area contributed by atoms with Crippen LogP contribution in [0.3, 0.4) is 0 Å². The molecule has 0 N–H and O–H groups in total. The maximum atomic E-state index is 12.1. The first-order valence-electron chi connectivity index (χ1n) is 6.70. The van der Waals surface area contributed by atoms with Crippen molar-refractivity contribution in [2.24, 2.45) is 0 Å². The molecular weight excluding hydrogens is 224 g/mol. The van der Waals surface area contributed by atoms with Crippen molar-refractivity contribution < 1.29 is 4.79 Å². The Kier molecular flexibility index (Phi) is 4.37. The number of ketones is 1. The predicted molar refractivity (Wildman–Crippen MR) is 75.4 cm³/mol. The Labute approximate surface area is 109 Å². The minimum atomic E-state index is 0.238. The topological polar surface area (TPSA) is 23.6 Å². The van der Waals surface area contributed by atoms with Crippen LogP contribution in [0.1, 0.15) is 29.6 Å². The van der Waals surface area contributed by atoms with E-state index in [0.717, 1.165) is 24.3 Å². The van der Waals surface area contributed by atoms with Gasteiger partial charge in [-0.15, -0.1) is 0 Å². The number of anilines is 1. The molecule has 0 spiro atoms. The highest BCUT2D eigenvalue weighted by Crippen LogP contribution is 2.14. The van der Waals surface area contributed by atoms with Crippen LogP contribution in [0.25, 0.3) is 0 Å². The molecule has 2 rings (SSSR count). The van der Waals surface area contributed by atoms with E-state index < -0.39 is 0 Å². The zero-order valence-electron chi connectivity index (χ0n) is 11.4. The molecule has 0 saturated carbocycles. The molecule has 3 heteroatoms. The van der Waals surface area contributed by atoms with Crippen LogP contribution in [0.5, 0.6) is 0 Å². The molecule has 0 bridgehead atoms. The molecule has 18 heavy (non-hydrogen) atoms. The van der Waals surface area contributed by atoms with E-state index in [1.807, 2.05) is 43.3 Å². The second kappa shape index (κ2) is 6.01. The monoisotopic (exact) mass is 246 g/mol. The summed E-state index contributed by atoms with van der Waals surface area (Å²) in [6, 6.07) is 7.87. The third-order valence-corrected chi connectivity index (χ3v) is 3.52. The summed E-state index contributed by atoms with van der Waals surface area (Å²) >= 11 is 0. The maximum Gasteiger partial charge on any atom is 0.176 e. The van der Waals surface area contributed by atoms with Gasteiger partial charge in [-0.25, -0.2) is 0 Å². The Bertz CT molecular complexity index is 391. The second-order valence-electron chi connectivity index (χ2n) is 5.20. The molecule has 0 amide bonds. The maximum absolute atomic E-state index is 12.1. The number of hydrogen-bond donors (Lipinski definition) is 0. The van der Waals surface area contributed by atoms with Gasteiger partial charge in [-0.1, -0.05) is 6.42 Å². The van der Waals surface area contributed by atoms with Crippen LogP contribution in [-0.2, 0) is 0 Å². The van der Waals surface area contributed by atoms with Crippen molar-refractivity contribution in [1.29, 1.82) is 0 Å². The number of rotatable bonds is 4. The standard InChI is InChI=1S/C15H22N2O/c1-16(2)14-8-6-13(7-9-14)15(18)12-17-10-4-3-5-11-17/h6-9H,3-5,10-12H2,1-2H3.